The molecular formula is C15H21BrClN. The molecule has 0 spiro atoms. The van der Waals surface area contributed by atoms with E-state index in [1.807, 2.05) is 12.1 Å². The lowest BCUT2D eigenvalue weighted by Crippen LogP contribution is -2.26. The first-order valence-electron chi connectivity index (χ1n) is 6.81. The molecule has 100 valence electrons. The van der Waals surface area contributed by atoms with Gasteiger partial charge in [-0.1, -0.05) is 53.7 Å². The molecule has 1 atom stereocenters. The Morgan fingerprint density at radius 3 is 2.50 bits per heavy atom. The highest BCUT2D eigenvalue weighted by atomic mass is 79.9. The standard InChI is InChI=1S/C15H21BrClN/c1-2-10-3-5-11(6-4-10)15(18)12-7-13(16)9-14(17)8-12/h7-11,15H,2-6,18H2,1H3. The first kappa shape index (κ1) is 14.4. The fourth-order valence-corrected chi connectivity index (χ4v) is 3.88. The molecule has 1 unspecified atom stereocenters. The minimum Gasteiger partial charge on any atom is -0.324 e. The van der Waals surface area contributed by atoms with Crippen molar-refractivity contribution in [3.8, 4) is 0 Å². The number of rotatable bonds is 3. The molecule has 1 aliphatic rings. The molecule has 1 aromatic carbocycles. The largest absolute Gasteiger partial charge is 0.324 e. The van der Waals surface area contributed by atoms with Crippen molar-refractivity contribution in [3.63, 3.8) is 0 Å². The van der Waals surface area contributed by atoms with E-state index in [0.717, 1.165) is 21.0 Å². The Morgan fingerprint density at radius 2 is 1.94 bits per heavy atom. The zero-order valence-corrected chi connectivity index (χ0v) is 13.2. The van der Waals surface area contributed by atoms with Crippen LogP contribution in [-0.4, -0.2) is 0 Å². The fraction of sp³-hybridized carbons (Fsp3) is 0.600. The molecule has 0 bridgehead atoms. The van der Waals surface area contributed by atoms with Crippen LogP contribution < -0.4 is 5.73 Å². The van der Waals surface area contributed by atoms with Crippen LogP contribution in [0.5, 0.6) is 0 Å². The van der Waals surface area contributed by atoms with Crippen LogP contribution in [0.2, 0.25) is 5.02 Å². The quantitative estimate of drug-likeness (QED) is 0.797. The van der Waals surface area contributed by atoms with Crippen LogP contribution in [0.4, 0.5) is 0 Å². The first-order valence-corrected chi connectivity index (χ1v) is 7.98. The summed E-state index contributed by atoms with van der Waals surface area (Å²) in [5.41, 5.74) is 7.58. The molecule has 0 aromatic heterocycles. The van der Waals surface area contributed by atoms with E-state index in [4.69, 9.17) is 17.3 Å². The van der Waals surface area contributed by atoms with Gasteiger partial charge in [0.2, 0.25) is 0 Å². The van der Waals surface area contributed by atoms with E-state index < -0.39 is 0 Å². The Morgan fingerprint density at radius 1 is 1.28 bits per heavy atom. The van der Waals surface area contributed by atoms with Gasteiger partial charge in [0.15, 0.2) is 0 Å². The van der Waals surface area contributed by atoms with Crippen LogP contribution in [0.15, 0.2) is 22.7 Å². The molecule has 0 aliphatic heterocycles. The third kappa shape index (κ3) is 3.49. The van der Waals surface area contributed by atoms with Gasteiger partial charge in [0.05, 0.1) is 0 Å². The zero-order valence-electron chi connectivity index (χ0n) is 10.8. The zero-order chi connectivity index (χ0) is 13.1. The number of benzene rings is 1. The van der Waals surface area contributed by atoms with Crippen LogP contribution in [0.3, 0.4) is 0 Å². The Bertz CT molecular complexity index is 379. The molecule has 0 amide bonds. The summed E-state index contributed by atoms with van der Waals surface area (Å²) in [7, 11) is 0. The second kappa shape index (κ2) is 6.40. The third-order valence-electron chi connectivity index (χ3n) is 4.25. The van der Waals surface area contributed by atoms with Crippen molar-refractivity contribution >= 4 is 27.5 Å². The summed E-state index contributed by atoms with van der Waals surface area (Å²) in [6.45, 7) is 2.29. The maximum atomic E-state index is 6.41. The number of hydrogen-bond acceptors (Lipinski definition) is 1. The van der Waals surface area contributed by atoms with Crippen molar-refractivity contribution in [2.24, 2.45) is 17.6 Å². The lowest BCUT2D eigenvalue weighted by atomic mass is 9.76. The van der Waals surface area contributed by atoms with E-state index in [9.17, 15) is 0 Å². The van der Waals surface area contributed by atoms with Crippen molar-refractivity contribution in [2.45, 2.75) is 45.1 Å². The van der Waals surface area contributed by atoms with Gasteiger partial charge in [-0.3, -0.25) is 0 Å². The maximum Gasteiger partial charge on any atom is 0.0420 e. The molecule has 1 fully saturated rings. The first-order chi connectivity index (χ1) is 8.60. The number of halogens is 2. The van der Waals surface area contributed by atoms with Crippen molar-refractivity contribution in [1.29, 1.82) is 0 Å². The van der Waals surface area contributed by atoms with Gasteiger partial charge >= 0.3 is 0 Å². The van der Waals surface area contributed by atoms with Crippen LogP contribution in [-0.2, 0) is 0 Å². The molecule has 1 aromatic rings. The molecular weight excluding hydrogens is 310 g/mol. The van der Waals surface area contributed by atoms with Gasteiger partial charge in [-0.2, -0.15) is 0 Å². The molecule has 0 radical (unpaired) electrons. The van der Waals surface area contributed by atoms with E-state index in [2.05, 4.69) is 28.9 Å². The predicted octanol–water partition coefficient (Wildman–Crippen LogP) is 5.32. The third-order valence-corrected chi connectivity index (χ3v) is 4.92. The molecule has 1 nitrogen and oxygen atoms in total. The highest BCUT2D eigenvalue weighted by Crippen LogP contribution is 2.37. The molecule has 0 heterocycles. The van der Waals surface area contributed by atoms with Crippen molar-refractivity contribution < 1.29 is 0 Å². The van der Waals surface area contributed by atoms with Crippen LogP contribution in [0.25, 0.3) is 0 Å². The fourth-order valence-electron chi connectivity index (χ4n) is 3.00. The minimum absolute atomic E-state index is 0.123. The molecule has 1 saturated carbocycles. The van der Waals surface area contributed by atoms with Crippen molar-refractivity contribution in [3.05, 3.63) is 33.3 Å². The average Bonchev–Trinajstić information content (AvgIpc) is 2.37. The van der Waals surface area contributed by atoms with Gasteiger partial charge in [-0.15, -0.1) is 0 Å². The molecule has 2 rings (SSSR count). The van der Waals surface area contributed by atoms with Gasteiger partial charge < -0.3 is 5.73 Å². The van der Waals surface area contributed by atoms with Crippen molar-refractivity contribution in [1.82, 2.24) is 0 Å². The van der Waals surface area contributed by atoms with Gasteiger partial charge in [-0.25, -0.2) is 0 Å². The normalized spacial score (nSPS) is 26.0. The van der Waals surface area contributed by atoms with Crippen LogP contribution in [0, 0.1) is 11.8 Å². The molecule has 1 aliphatic carbocycles. The Balaban J connectivity index is 2.05. The highest BCUT2D eigenvalue weighted by Gasteiger charge is 2.25. The van der Waals surface area contributed by atoms with Gasteiger partial charge in [0, 0.05) is 15.5 Å². The smallest absolute Gasteiger partial charge is 0.0420 e. The number of nitrogens with two attached hydrogens (primary N) is 1. The van der Waals surface area contributed by atoms with E-state index in [0.29, 0.717) is 5.92 Å². The summed E-state index contributed by atoms with van der Waals surface area (Å²) < 4.78 is 1.02. The summed E-state index contributed by atoms with van der Waals surface area (Å²) >= 11 is 9.58. The predicted molar refractivity (Wildman–Crippen MR) is 81.8 cm³/mol. The van der Waals surface area contributed by atoms with Gasteiger partial charge in [-0.05, 0) is 48.4 Å². The van der Waals surface area contributed by atoms with E-state index >= 15 is 0 Å². The van der Waals surface area contributed by atoms with Crippen LogP contribution >= 0.6 is 27.5 Å². The van der Waals surface area contributed by atoms with Crippen molar-refractivity contribution in [2.75, 3.05) is 0 Å². The van der Waals surface area contributed by atoms with E-state index in [-0.39, 0.29) is 6.04 Å². The molecule has 18 heavy (non-hydrogen) atoms. The topological polar surface area (TPSA) is 26.0 Å². The van der Waals surface area contributed by atoms with Gasteiger partial charge in [0.1, 0.15) is 0 Å². The second-order valence-electron chi connectivity index (χ2n) is 5.42. The summed E-state index contributed by atoms with van der Waals surface area (Å²) in [5.74, 6) is 1.53. The van der Waals surface area contributed by atoms with E-state index in [1.54, 1.807) is 0 Å². The summed E-state index contributed by atoms with van der Waals surface area (Å²) in [6.07, 6.45) is 6.48. The Labute approximate surface area is 123 Å². The number of hydrogen-bond donors (Lipinski definition) is 1. The second-order valence-corrected chi connectivity index (χ2v) is 6.77. The van der Waals surface area contributed by atoms with Crippen LogP contribution in [0.1, 0.15) is 50.6 Å². The SMILES string of the molecule is CCC1CCC(C(N)c2cc(Cl)cc(Br)c2)CC1. The Hall–Kier alpha value is -0.0500. The molecule has 3 heteroatoms. The Kier molecular flexibility index (Phi) is 5.11. The minimum atomic E-state index is 0.123. The highest BCUT2D eigenvalue weighted by molar-refractivity contribution is 9.10. The van der Waals surface area contributed by atoms with Gasteiger partial charge in [0.25, 0.3) is 0 Å². The monoisotopic (exact) mass is 329 g/mol. The molecule has 2 N–H and O–H groups in total. The molecule has 0 saturated heterocycles. The summed E-state index contributed by atoms with van der Waals surface area (Å²) in [5, 5.41) is 0.761. The maximum absolute atomic E-state index is 6.41. The average molecular weight is 331 g/mol. The van der Waals surface area contributed by atoms with E-state index in [1.165, 1.54) is 32.1 Å². The lowest BCUT2D eigenvalue weighted by Gasteiger charge is -2.32. The summed E-state index contributed by atoms with van der Waals surface area (Å²) in [6, 6.07) is 6.13. The lowest BCUT2D eigenvalue weighted by molar-refractivity contribution is 0.240. The summed E-state index contributed by atoms with van der Waals surface area (Å²) in [4.78, 5) is 0.